The van der Waals surface area contributed by atoms with Crippen LogP contribution in [0.2, 0.25) is 0 Å². The monoisotopic (exact) mass is 319 g/mol. The van der Waals surface area contributed by atoms with E-state index in [9.17, 15) is 4.79 Å². The maximum absolute atomic E-state index is 9.82. The molecule has 0 aromatic heterocycles. The first-order valence-corrected chi connectivity index (χ1v) is 8.32. The molecule has 0 radical (unpaired) electrons. The number of likely N-dealkylation sites (tertiary alicyclic amines) is 1. The van der Waals surface area contributed by atoms with Gasteiger partial charge in [-0.2, -0.15) is 0 Å². The van der Waals surface area contributed by atoms with Gasteiger partial charge in [-0.3, -0.25) is 10.2 Å². The Labute approximate surface area is 139 Å². The Morgan fingerprint density at radius 1 is 1.22 bits per heavy atom. The summed E-state index contributed by atoms with van der Waals surface area (Å²) >= 11 is 0. The zero-order chi connectivity index (χ0) is 17.1. The SMILES string of the molecule is CCOC(C)=O.N=C(N)c1ccc(CCN2CCCCC2)cc1. The van der Waals surface area contributed by atoms with Crippen LogP contribution >= 0.6 is 0 Å². The minimum atomic E-state index is -0.211. The Kier molecular flexibility index (Phi) is 8.98. The Hall–Kier alpha value is -1.88. The van der Waals surface area contributed by atoms with Crippen molar-refractivity contribution in [2.45, 2.75) is 39.5 Å². The van der Waals surface area contributed by atoms with Crippen LogP contribution < -0.4 is 5.73 Å². The first kappa shape index (κ1) is 19.2. The lowest BCUT2D eigenvalue weighted by atomic mass is 10.1. The molecule has 0 bridgehead atoms. The molecular formula is C18H29N3O2. The molecule has 1 aromatic rings. The number of nitrogens with two attached hydrogens (primary N) is 1. The van der Waals surface area contributed by atoms with Crippen molar-refractivity contribution in [3.63, 3.8) is 0 Å². The number of carbonyl (C=O) groups excluding carboxylic acids is 1. The van der Waals surface area contributed by atoms with Crippen molar-refractivity contribution >= 4 is 11.8 Å². The third-order valence-electron chi connectivity index (χ3n) is 3.78. The molecule has 1 aromatic carbocycles. The van der Waals surface area contributed by atoms with Gasteiger partial charge in [-0.25, -0.2) is 0 Å². The highest BCUT2D eigenvalue weighted by Crippen LogP contribution is 2.10. The molecule has 0 amide bonds. The van der Waals surface area contributed by atoms with E-state index in [0.717, 1.165) is 18.5 Å². The third kappa shape index (κ3) is 8.35. The van der Waals surface area contributed by atoms with Crippen LogP contribution in [0, 0.1) is 5.41 Å². The molecule has 128 valence electrons. The number of nitrogens with zero attached hydrogens (tertiary/aromatic N) is 1. The van der Waals surface area contributed by atoms with Gasteiger partial charge >= 0.3 is 5.97 Å². The second-order valence-corrected chi connectivity index (χ2v) is 5.69. The van der Waals surface area contributed by atoms with Gasteiger partial charge in [0.2, 0.25) is 0 Å². The Morgan fingerprint density at radius 2 is 1.83 bits per heavy atom. The van der Waals surface area contributed by atoms with E-state index in [4.69, 9.17) is 11.1 Å². The van der Waals surface area contributed by atoms with Gasteiger partial charge in [0.15, 0.2) is 0 Å². The summed E-state index contributed by atoms with van der Waals surface area (Å²) < 4.78 is 4.40. The molecule has 2 rings (SSSR count). The number of hydrogen-bond donors (Lipinski definition) is 2. The summed E-state index contributed by atoms with van der Waals surface area (Å²) in [6.07, 6.45) is 5.19. The number of hydrogen-bond acceptors (Lipinski definition) is 4. The van der Waals surface area contributed by atoms with E-state index in [1.807, 2.05) is 12.1 Å². The van der Waals surface area contributed by atoms with E-state index in [0.29, 0.717) is 6.61 Å². The number of nitrogen functional groups attached to an aromatic ring is 1. The molecule has 1 saturated heterocycles. The van der Waals surface area contributed by atoms with Crippen molar-refractivity contribution in [3.05, 3.63) is 35.4 Å². The van der Waals surface area contributed by atoms with E-state index in [-0.39, 0.29) is 11.8 Å². The summed E-state index contributed by atoms with van der Waals surface area (Å²) in [5.41, 5.74) is 7.58. The molecule has 5 nitrogen and oxygen atoms in total. The van der Waals surface area contributed by atoms with Gasteiger partial charge in [-0.1, -0.05) is 30.7 Å². The fraction of sp³-hybridized carbons (Fsp3) is 0.556. The summed E-state index contributed by atoms with van der Waals surface area (Å²) in [4.78, 5) is 12.4. The molecule has 1 aliphatic rings. The van der Waals surface area contributed by atoms with Crippen molar-refractivity contribution in [1.82, 2.24) is 4.90 Å². The molecule has 0 unspecified atom stereocenters. The van der Waals surface area contributed by atoms with Gasteiger partial charge in [-0.15, -0.1) is 0 Å². The van der Waals surface area contributed by atoms with Gasteiger partial charge in [0.1, 0.15) is 5.84 Å². The maximum atomic E-state index is 9.82. The van der Waals surface area contributed by atoms with Crippen molar-refractivity contribution in [3.8, 4) is 0 Å². The van der Waals surface area contributed by atoms with Crippen LogP contribution in [0.5, 0.6) is 0 Å². The second kappa shape index (κ2) is 10.8. The standard InChI is InChI=1S/C14H21N3.C4H8O2/c15-14(16)13-6-4-12(5-7-13)8-11-17-9-2-1-3-10-17;1-3-6-4(2)5/h4-7H,1-3,8-11H2,(H3,15,16);3H2,1-2H3. The molecule has 0 saturated carbocycles. The van der Waals surface area contributed by atoms with E-state index < -0.39 is 0 Å². The lowest BCUT2D eigenvalue weighted by molar-refractivity contribution is -0.140. The highest BCUT2D eigenvalue weighted by Gasteiger charge is 2.09. The lowest BCUT2D eigenvalue weighted by Crippen LogP contribution is -2.31. The number of rotatable bonds is 5. The van der Waals surface area contributed by atoms with Gasteiger partial charge in [0, 0.05) is 19.0 Å². The Bertz CT molecular complexity index is 480. The molecule has 1 aliphatic heterocycles. The minimum absolute atomic E-state index is 0.146. The van der Waals surface area contributed by atoms with Crippen LogP contribution in [0.25, 0.3) is 0 Å². The molecule has 0 aliphatic carbocycles. The number of benzene rings is 1. The maximum Gasteiger partial charge on any atom is 0.302 e. The Balaban J connectivity index is 0.000000379. The number of amidine groups is 1. The van der Waals surface area contributed by atoms with Crippen LogP contribution in [0.1, 0.15) is 44.2 Å². The third-order valence-corrected chi connectivity index (χ3v) is 3.78. The topological polar surface area (TPSA) is 79.4 Å². The van der Waals surface area contributed by atoms with Crippen LogP contribution in [-0.2, 0) is 16.0 Å². The van der Waals surface area contributed by atoms with E-state index in [2.05, 4.69) is 21.8 Å². The summed E-state index contributed by atoms with van der Waals surface area (Å²) in [7, 11) is 0. The van der Waals surface area contributed by atoms with Crippen molar-refractivity contribution in [2.75, 3.05) is 26.2 Å². The number of nitrogens with one attached hydrogen (secondary N) is 1. The fourth-order valence-electron chi connectivity index (χ4n) is 2.52. The highest BCUT2D eigenvalue weighted by atomic mass is 16.5. The summed E-state index contributed by atoms with van der Waals surface area (Å²) in [6.45, 7) is 7.32. The molecule has 0 spiro atoms. The fourth-order valence-corrected chi connectivity index (χ4v) is 2.52. The summed E-state index contributed by atoms with van der Waals surface area (Å²) in [6, 6.07) is 8.04. The molecule has 0 atom stereocenters. The summed E-state index contributed by atoms with van der Waals surface area (Å²) in [5, 5.41) is 7.34. The molecular weight excluding hydrogens is 290 g/mol. The average Bonchev–Trinajstić information content (AvgIpc) is 2.55. The zero-order valence-electron chi connectivity index (χ0n) is 14.3. The summed E-state index contributed by atoms with van der Waals surface area (Å²) in [5.74, 6) is -0.0647. The van der Waals surface area contributed by atoms with Crippen LogP contribution in [0.3, 0.4) is 0 Å². The molecule has 3 N–H and O–H groups in total. The molecule has 5 heteroatoms. The van der Waals surface area contributed by atoms with Crippen LogP contribution in [-0.4, -0.2) is 42.9 Å². The number of carbonyl (C=O) groups is 1. The average molecular weight is 319 g/mol. The molecule has 23 heavy (non-hydrogen) atoms. The van der Waals surface area contributed by atoms with Gasteiger partial charge in [0.25, 0.3) is 0 Å². The largest absolute Gasteiger partial charge is 0.466 e. The smallest absolute Gasteiger partial charge is 0.302 e. The predicted molar refractivity (Wildman–Crippen MR) is 93.8 cm³/mol. The minimum Gasteiger partial charge on any atom is -0.466 e. The van der Waals surface area contributed by atoms with E-state index in [1.54, 1.807) is 6.92 Å². The number of esters is 1. The lowest BCUT2D eigenvalue weighted by Gasteiger charge is -2.26. The number of ether oxygens (including phenoxy) is 1. The van der Waals surface area contributed by atoms with E-state index in [1.165, 1.54) is 44.8 Å². The van der Waals surface area contributed by atoms with Crippen molar-refractivity contribution in [2.24, 2.45) is 5.73 Å². The second-order valence-electron chi connectivity index (χ2n) is 5.69. The van der Waals surface area contributed by atoms with E-state index >= 15 is 0 Å². The highest BCUT2D eigenvalue weighted by molar-refractivity contribution is 5.94. The van der Waals surface area contributed by atoms with Crippen molar-refractivity contribution < 1.29 is 9.53 Å². The van der Waals surface area contributed by atoms with Gasteiger partial charge < -0.3 is 15.4 Å². The van der Waals surface area contributed by atoms with Crippen LogP contribution in [0.4, 0.5) is 0 Å². The number of piperidine rings is 1. The quantitative estimate of drug-likeness (QED) is 0.496. The molecule has 1 fully saturated rings. The Morgan fingerprint density at radius 3 is 2.26 bits per heavy atom. The van der Waals surface area contributed by atoms with Gasteiger partial charge in [0.05, 0.1) is 6.61 Å². The van der Waals surface area contributed by atoms with Gasteiger partial charge in [-0.05, 0) is 44.8 Å². The first-order chi connectivity index (χ1) is 11.0. The molecule has 1 heterocycles. The normalized spacial score (nSPS) is 14.5. The van der Waals surface area contributed by atoms with Crippen LogP contribution in [0.15, 0.2) is 24.3 Å². The zero-order valence-corrected chi connectivity index (χ0v) is 14.3. The first-order valence-electron chi connectivity index (χ1n) is 8.32. The predicted octanol–water partition coefficient (Wildman–Crippen LogP) is 2.57. The van der Waals surface area contributed by atoms with Crippen molar-refractivity contribution in [1.29, 1.82) is 5.41 Å².